The molecule has 150 valence electrons. The Bertz CT molecular complexity index is 1230. The molecule has 0 spiro atoms. The maximum atomic E-state index is 12.1. The predicted octanol–water partition coefficient (Wildman–Crippen LogP) is 4.02. The SMILES string of the molecule is COc1cc(C2CC(=O)Nc3n[nH]cc32)ccc1OCc1cccc2cnccc12. The molecule has 3 heterocycles. The van der Waals surface area contributed by atoms with Crippen molar-refractivity contribution in [1.29, 1.82) is 0 Å². The maximum absolute atomic E-state index is 12.1. The van der Waals surface area contributed by atoms with Gasteiger partial charge < -0.3 is 14.8 Å². The van der Waals surface area contributed by atoms with Crippen molar-refractivity contribution in [2.45, 2.75) is 18.9 Å². The van der Waals surface area contributed by atoms with Crippen molar-refractivity contribution in [3.8, 4) is 11.5 Å². The molecule has 0 aliphatic carbocycles. The number of aromatic amines is 1. The summed E-state index contributed by atoms with van der Waals surface area (Å²) in [4.78, 5) is 16.2. The van der Waals surface area contributed by atoms with Gasteiger partial charge >= 0.3 is 0 Å². The Morgan fingerprint density at radius 1 is 1.17 bits per heavy atom. The molecular formula is C23H20N4O3. The van der Waals surface area contributed by atoms with E-state index in [1.807, 2.05) is 54.9 Å². The van der Waals surface area contributed by atoms with Gasteiger partial charge in [-0.05, 0) is 34.7 Å². The van der Waals surface area contributed by atoms with Crippen LogP contribution in [-0.4, -0.2) is 28.2 Å². The maximum Gasteiger partial charge on any atom is 0.226 e. The first-order valence-corrected chi connectivity index (χ1v) is 9.69. The van der Waals surface area contributed by atoms with E-state index in [1.165, 1.54) is 0 Å². The van der Waals surface area contributed by atoms with Crippen molar-refractivity contribution < 1.29 is 14.3 Å². The van der Waals surface area contributed by atoms with Crippen LogP contribution in [0.25, 0.3) is 10.8 Å². The van der Waals surface area contributed by atoms with Crippen molar-refractivity contribution in [1.82, 2.24) is 15.2 Å². The zero-order valence-electron chi connectivity index (χ0n) is 16.4. The number of nitrogens with one attached hydrogen (secondary N) is 2. The molecule has 0 saturated heterocycles. The first-order valence-electron chi connectivity index (χ1n) is 9.69. The number of ether oxygens (including phenoxy) is 2. The van der Waals surface area contributed by atoms with Gasteiger partial charge in [-0.25, -0.2) is 0 Å². The van der Waals surface area contributed by atoms with E-state index in [9.17, 15) is 4.79 Å². The fraction of sp³-hybridized carbons (Fsp3) is 0.174. The van der Waals surface area contributed by atoms with Crippen molar-refractivity contribution in [2.75, 3.05) is 12.4 Å². The fourth-order valence-electron chi connectivity index (χ4n) is 3.93. The molecule has 7 nitrogen and oxygen atoms in total. The van der Waals surface area contributed by atoms with Crippen LogP contribution < -0.4 is 14.8 Å². The Morgan fingerprint density at radius 3 is 3.00 bits per heavy atom. The molecule has 5 rings (SSSR count). The lowest BCUT2D eigenvalue weighted by Gasteiger charge is -2.23. The van der Waals surface area contributed by atoms with Crippen LogP contribution in [0.15, 0.2) is 61.1 Å². The van der Waals surface area contributed by atoms with E-state index in [1.54, 1.807) is 13.3 Å². The van der Waals surface area contributed by atoms with Gasteiger partial charge in [0.1, 0.15) is 6.61 Å². The van der Waals surface area contributed by atoms with Crippen molar-refractivity contribution in [2.24, 2.45) is 0 Å². The number of amides is 1. The Balaban J connectivity index is 1.42. The summed E-state index contributed by atoms with van der Waals surface area (Å²) in [7, 11) is 1.62. The van der Waals surface area contributed by atoms with Crippen LogP contribution in [0.4, 0.5) is 5.82 Å². The minimum absolute atomic E-state index is 0.0515. The molecule has 1 unspecified atom stereocenters. The highest BCUT2D eigenvalue weighted by Crippen LogP contribution is 2.39. The second-order valence-corrected chi connectivity index (χ2v) is 7.21. The molecule has 1 atom stereocenters. The Kier molecular flexibility index (Phi) is 4.55. The van der Waals surface area contributed by atoms with Crippen LogP contribution in [0.1, 0.15) is 29.0 Å². The van der Waals surface area contributed by atoms with Gasteiger partial charge in [0, 0.05) is 41.9 Å². The lowest BCUT2D eigenvalue weighted by Crippen LogP contribution is -2.23. The fourth-order valence-corrected chi connectivity index (χ4v) is 3.93. The van der Waals surface area contributed by atoms with E-state index in [0.29, 0.717) is 30.3 Å². The van der Waals surface area contributed by atoms with E-state index in [2.05, 4.69) is 20.5 Å². The highest BCUT2D eigenvalue weighted by atomic mass is 16.5. The second kappa shape index (κ2) is 7.51. The molecular weight excluding hydrogens is 380 g/mol. The highest BCUT2D eigenvalue weighted by molar-refractivity contribution is 5.94. The van der Waals surface area contributed by atoms with Crippen LogP contribution in [0.3, 0.4) is 0 Å². The lowest BCUT2D eigenvalue weighted by atomic mass is 9.87. The monoisotopic (exact) mass is 400 g/mol. The number of methoxy groups -OCH3 is 1. The first kappa shape index (κ1) is 18.2. The van der Waals surface area contributed by atoms with Crippen LogP contribution in [-0.2, 0) is 11.4 Å². The lowest BCUT2D eigenvalue weighted by molar-refractivity contribution is -0.116. The molecule has 30 heavy (non-hydrogen) atoms. The molecule has 4 aromatic rings. The van der Waals surface area contributed by atoms with Gasteiger partial charge in [-0.3, -0.25) is 14.9 Å². The third-order valence-corrected chi connectivity index (χ3v) is 5.44. The number of aromatic nitrogens is 3. The quantitative estimate of drug-likeness (QED) is 0.528. The van der Waals surface area contributed by atoms with E-state index >= 15 is 0 Å². The summed E-state index contributed by atoms with van der Waals surface area (Å²) in [5.74, 6) is 1.73. The van der Waals surface area contributed by atoms with Gasteiger partial charge in [0.15, 0.2) is 17.3 Å². The number of hydrogen-bond donors (Lipinski definition) is 2. The summed E-state index contributed by atoms with van der Waals surface area (Å²) in [5.41, 5.74) is 3.02. The van der Waals surface area contributed by atoms with Crippen LogP contribution in [0.5, 0.6) is 11.5 Å². The Labute approximate surface area is 173 Å². The molecule has 1 aliphatic heterocycles. The number of nitrogens with zero attached hydrogens (tertiary/aromatic N) is 2. The number of benzene rings is 2. The third-order valence-electron chi connectivity index (χ3n) is 5.44. The van der Waals surface area contributed by atoms with Crippen molar-refractivity contribution in [3.05, 3.63) is 77.7 Å². The molecule has 1 aliphatic rings. The average Bonchev–Trinajstić information content (AvgIpc) is 3.25. The summed E-state index contributed by atoms with van der Waals surface area (Å²) in [6.07, 6.45) is 5.82. The van der Waals surface area contributed by atoms with E-state index in [4.69, 9.17) is 9.47 Å². The number of carbonyl (C=O) groups is 1. The summed E-state index contributed by atoms with van der Waals surface area (Å²) in [6.45, 7) is 0.411. The number of anilines is 1. The number of carbonyl (C=O) groups excluding carboxylic acids is 1. The number of pyridine rings is 1. The summed E-state index contributed by atoms with van der Waals surface area (Å²) in [6, 6.07) is 13.9. The molecule has 0 bridgehead atoms. The van der Waals surface area contributed by atoms with Crippen molar-refractivity contribution >= 4 is 22.5 Å². The number of hydrogen-bond acceptors (Lipinski definition) is 5. The molecule has 2 aromatic carbocycles. The Morgan fingerprint density at radius 2 is 2.10 bits per heavy atom. The normalized spacial score (nSPS) is 15.5. The average molecular weight is 400 g/mol. The predicted molar refractivity (Wildman–Crippen MR) is 113 cm³/mol. The standard InChI is InChI=1S/C23H20N4O3/c1-29-21-9-14(18-10-22(28)26-23-19(18)12-25-27-23)5-6-20(21)30-13-16-4-2-3-15-11-24-8-7-17(15)16/h2-9,11-12,18H,10,13H2,1H3,(H2,25,26,27,28). The highest BCUT2D eigenvalue weighted by Gasteiger charge is 2.29. The summed E-state index contributed by atoms with van der Waals surface area (Å²) < 4.78 is 11.7. The van der Waals surface area contributed by atoms with E-state index in [0.717, 1.165) is 27.5 Å². The third kappa shape index (κ3) is 3.24. The number of fused-ring (bicyclic) bond motifs is 2. The Hall–Kier alpha value is -3.87. The summed E-state index contributed by atoms with van der Waals surface area (Å²) in [5, 5.41) is 11.9. The smallest absolute Gasteiger partial charge is 0.226 e. The van der Waals surface area contributed by atoms with Gasteiger partial charge in [-0.2, -0.15) is 5.10 Å². The molecule has 0 fully saturated rings. The molecule has 0 saturated carbocycles. The van der Waals surface area contributed by atoms with E-state index in [-0.39, 0.29) is 11.8 Å². The largest absolute Gasteiger partial charge is 0.493 e. The number of rotatable bonds is 5. The minimum atomic E-state index is -0.0824. The van der Waals surface area contributed by atoms with Crippen LogP contribution >= 0.6 is 0 Å². The molecule has 2 N–H and O–H groups in total. The van der Waals surface area contributed by atoms with Gasteiger partial charge in [-0.15, -0.1) is 0 Å². The molecule has 1 amide bonds. The van der Waals surface area contributed by atoms with Crippen LogP contribution in [0.2, 0.25) is 0 Å². The zero-order valence-corrected chi connectivity index (χ0v) is 16.4. The first-order chi connectivity index (χ1) is 14.7. The van der Waals surface area contributed by atoms with Gasteiger partial charge in [0.05, 0.1) is 7.11 Å². The van der Waals surface area contributed by atoms with Crippen LogP contribution in [0, 0.1) is 0 Å². The number of H-pyrrole nitrogens is 1. The van der Waals surface area contributed by atoms with Gasteiger partial charge in [0.25, 0.3) is 0 Å². The zero-order chi connectivity index (χ0) is 20.5. The topological polar surface area (TPSA) is 89.1 Å². The van der Waals surface area contributed by atoms with Gasteiger partial charge in [0.2, 0.25) is 5.91 Å². The van der Waals surface area contributed by atoms with E-state index < -0.39 is 0 Å². The summed E-state index contributed by atoms with van der Waals surface area (Å²) >= 11 is 0. The molecule has 0 radical (unpaired) electrons. The molecule has 7 heteroatoms. The second-order valence-electron chi connectivity index (χ2n) is 7.21. The van der Waals surface area contributed by atoms with Crippen molar-refractivity contribution in [3.63, 3.8) is 0 Å². The minimum Gasteiger partial charge on any atom is -0.493 e. The molecule has 2 aromatic heterocycles. The van der Waals surface area contributed by atoms with Gasteiger partial charge in [-0.1, -0.05) is 24.3 Å².